The number of piperidine rings is 1. The van der Waals surface area contributed by atoms with Crippen LogP contribution in [0.25, 0.3) is 0 Å². The maximum Gasteiger partial charge on any atom is 0.329 e. The third-order valence-corrected chi connectivity index (χ3v) is 4.80. The molecule has 0 aromatic carbocycles. The smallest absolute Gasteiger partial charge is 0.329 e. The molecule has 1 aliphatic heterocycles. The van der Waals surface area contributed by atoms with Gasteiger partial charge < -0.3 is 14.7 Å². The number of carbonyl (C=O) groups is 1. The van der Waals surface area contributed by atoms with Gasteiger partial charge in [0.15, 0.2) is 0 Å². The van der Waals surface area contributed by atoms with Crippen molar-refractivity contribution in [2.24, 2.45) is 11.3 Å². The Labute approximate surface area is 122 Å². The van der Waals surface area contributed by atoms with Crippen LogP contribution in [0.2, 0.25) is 0 Å². The lowest BCUT2D eigenvalue weighted by atomic mass is 9.70. The van der Waals surface area contributed by atoms with Crippen molar-refractivity contribution in [1.29, 1.82) is 0 Å². The van der Waals surface area contributed by atoms with E-state index < -0.39 is 5.97 Å². The van der Waals surface area contributed by atoms with Crippen molar-refractivity contribution in [2.45, 2.75) is 65.0 Å². The van der Waals surface area contributed by atoms with Crippen LogP contribution in [0, 0.1) is 11.3 Å². The van der Waals surface area contributed by atoms with E-state index in [1.165, 1.54) is 19.3 Å². The predicted molar refractivity (Wildman–Crippen MR) is 78.8 cm³/mol. The van der Waals surface area contributed by atoms with E-state index in [-0.39, 0.29) is 12.7 Å². The number of hydrogen-bond acceptors (Lipinski definition) is 3. The number of hydrogen-bond donors (Lipinski definition) is 1. The first-order chi connectivity index (χ1) is 9.35. The van der Waals surface area contributed by atoms with Crippen molar-refractivity contribution in [3.05, 3.63) is 0 Å². The zero-order valence-corrected chi connectivity index (χ0v) is 13.1. The quantitative estimate of drug-likeness (QED) is 0.862. The summed E-state index contributed by atoms with van der Waals surface area (Å²) in [5.74, 6) is -0.0555. The van der Waals surface area contributed by atoms with E-state index in [1.54, 1.807) is 0 Å². The lowest BCUT2D eigenvalue weighted by Crippen LogP contribution is -2.48. The molecule has 2 fully saturated rings. The molecule has 0 aromatic rings. The summed E-state index contributed by atoms with van der Waals surface area (Å²) in [6.07, 6.45) is 6.01. The molecule has 0 radical (unpaired) electrons. The summed E-state index contributed by atoms with van der Waals surface area (Å²) < 4.78 is 5.42. The zero-order chi connectivity index (χ0) is 14.8. The van der Waals surface area contributed by atoms with Crippen molar-refractivity contribution < 1.29 is 14.6 Å². The van der Waals surface area contributed by atoms with Gasteiger partial charge in [-0.1, -0.05) is 20.8 Å². The highest BCUT2D eigenvalue weighted by Gasteiger charge is 2.36. The van der Waals surface area contributed by atoms with Gasteiger partial charge in [-0.2, -0.15) is 0 Å². The minimum absolute atomic E-state index is 0.136. The second kappa shape index (κ2) is 6.44. The first-order valence-electron chi connectivity index (χ1n) is 7.93. The minimum atomic E-state index is -0.865. The molecule has 1 heterocycles. The fourth-order valence-corrected chi connectivity index (χ4v) is 4.17. The summed E-state index contributed by atoms with van der Waals surface area (Å²) in [4.78, 5) is 13.1. The lowest BCUT2D eigenvalue weighted by molar-refractivity contribution is -0.145. The van der Waals surface area contributed by atoms with Crippen LogP contribution in [-0.4, -0.2) is 47.8 Å². The molecule has 2 unspecified atom stereocenters. The highest BCUT2D eigenvalue weighted by molar-refractivity contribution is 5.68. The van der Waals surface area contributed by atoms with Crippen molar-refractivity contribution in [1.82, 2.24) is 4.90 Å². The summed E-state index contributed by atoms with van der Waals surface area (Å²) in [7, 11) is 0. The van der Waals surface area contributed by atoms with E-state index in [0.29, 0.717) is 11.5 Å². The largest absolute Gasteiger partial charge is 0.480 e. The first kappa shape index (κ1) is 15.8. The second-order valence-electron chi connectivity index (χ2n) is 7.51. The summed E-state index contributed by atoms with van der Waals surface area (Å²) in [6.45, 7) is 9.10. The van der Waals surface area contributed by atoms with Crippen LogP contribution in [0.4, 0.5) is 0 Å². The Morgan fingerprint density at radius 1 is 1.30 bits per heavy atom. The first-order valence-corrected chi connectivity index (χ1v) is 7.93. The summed E-state index contributed by atoms with van der Waals surface area (Å²) in [5, 5.41) is 8.65. The van der Waals surface area contributed by atoms with Crippen LogP contribution in [0.1, 0.15) is 52.9 Å². The molecule has 116 valence electrons. The molecule has 1 N–H and O–H groups in total. The highest BCUT2D eigenvalue weighted by atomic mass is 16.5. The Hall–Kier alpha value is -0.610. The van der Waals surface area contributed by atoms with E-state index in [0.717, 1.165) is 31.8 Å². The van der Waals surface area contributed by atoms with Gasteiger partial charge in [-0.05, 0) is 43.4 Å². The number of aliphatic carboxylic acids is 1. The second-order valence-corrected chi connectivity index (χ2v) is 7.51. The molecule has 2 rings (SSSR count). The average molecular weight is 283 g/mol. The van der Waals surface area contributed by atoms with Crippen molar-refractivity contribution in [3.63, 3.8) is 0 Å². The van der Waals surface area contributed by atoms with Crippen molar-refractivity contribution in [2.75, 3.05) is 19.7 Å². The molecule has 1 saturated heterocycles. The van der Waals surface area contributed by atoms with Gasteiger partial charge in [-0.15, -0.1) is 0 Å². The SMILES string of the molecule is CC1CC(N2CCC(OCC(=O)O)CC2)CC(C)(C)C1. The Kier molecular flexibility index (Phi) is 5.08. The Balaban J connectivity index is 1.80. The summed E-state index contributed by atoms with van der Waals surface area (Å²) in [6, 6.07) is 0.703. The number of rotatable bonds is 4. The predicted octanol–water partition coefficient (Wildman–Crippen LogP) is 2.77. The van der Waals surface area contributed by atoms with E-state index >= 15 is 0 Å². The number of carboxylic acids is 1. The average Bonchev–Trinajstić information content (AvgIpc) is 2.34. The number of carboxylic acid groups (broad SMARTS) is 1. The van der Waals surface area contributed by atoms with Gasteiger partial charge in [0.05, 0.1) is 6.10 Å². The molecule has 0 amide bonds. The van der Waals surface area contributed by atoms with E-state index in [9.17, 15) is 4.79 Å². The van der Waals surface area contributed by atoms with Crippen LogP contribution in [-0.2, 0) is 9.53 Å². The molecule has 1 aliphatic carbocycles. The molecule has 0 spiro atoms. The van der Waals surface area contributed by atoms with Crippen LogP contribution in [0.15, 0.2) is 0 Å². The number of nitrogens with zero attached hydrogens (tertiary/aromatic N) is 1. The van der Waals surface area contributed by atoms with Gasteiger partial charge >= 0.3 is 5.97 Å². The summed E-state index contributed by atoms with van der Waals surface area (Å²) >= 11 is 0. The molecule has 0 bridgehead atoms. The number of ether oxygens (including phenoxy) is 1. The zero-order valence-electron chi connectivity index (χ0n) is 13.1. The molecule has 0 aromatic heterocycles. The lowest BCUT2D eigenvalue weighted by Gasteiger charge is -2.46. The van der Waals surface area contributed by atoms with Crippen LogP contribution in [0.3, 0.4) is 0 Å². The van der Waals surface area contributed by atoms with Gasteiger partial charge in [0.1, 0.15) is 6.61 Å². The maximum absolute atomic E-state index is 10.5. The maximum atomic E-state index is 10.5. The molecule has 4 nitrogen and oxygen atoms in total. The van der Waals surface area contributed by atoms with Gasteiger partial charge in [0.2, 0.25) is 0 Å². The minimum Gasteiger partial charge on any atom is -0.480 e. The van der Waals surface area contributed by atoms with Gasteiger partial charge in [-0.25, -0.2) is 4.79 Å². The standard InChI is InChI=1S/C16H29NO3/c1-12-8-13(10-16(2,3)9-12)17-6-4-14(5-7-17)20-11-15(18)19/h12-14H,4-11H2,1-3H3,(H,18,19). The molecule has 4 heteroatoms. The Morgan fingerprint density at radius 2 is 1.95 bits per heavy atom. The molecule has 2 aliphatic rings. The molecule has 20 heavy (non-hydrogen) atoms. The molecule has 2 atom stereocenters. The summed E-state index contributed by atoms with van der Waals surface area (Å²) in [5.41, 5.74) is 0.457. The van der Waals surface area contributed by atoms with E-state index in [1.807, 2.05) is 0 Å². The Morgan fingerprint density at radius 3 is 2.50 bits per heavy atom. The van der Waals surface area contributed by atoms with Gasteiger partial charge in [-0.3, -0.25) is 0 Å². The topological polar surface area (TPSA) is 49.8 Å². The Bertz CT molecular complexity index is 335. The highest BCUT2D eigenvalue weighted by Crippen LogP contribution is 2.41. The van der Waals surface area contributed by atoms with Gasteiger partial charge in [0, 0.05) is 19.1 Å². The molecular formula is C16H29NO3. The monoisotopic (exact) mass is 283 g/mol. The fraction of sp³-hybridized carbons (Fsp3) is 0.938. The third kappa shape index (κ3) is 4.45. The van der Waals surface area contributed by atoms with Crippen molar-refractivity contribution in [3.8, 4) is 0 Å². The third-order valence-electron chi connectivity index (χ3n) is 4.80. The van der Waals surface area contributed by atoms with Crippen LogP contribution < -0.4 is 0 Å². The fourth-order valence-electron chi connectivity index (χ4n) is 4.17. The van der Waals surface area contributed by atoms with E-state index in [4.69, 9.17) is 9.84 Å². The van der Waals surface area contributed by atoms with Crippen LogP contribution in [0.5, 0.6) is 0 Å². The molecular weight excluding hydrogens is 254 g/mol. The van der Waals surface area contributed by atoms with E-state index in [2.05, 4.69) is 25.7 Å². The normalized spacial score (nSPS) is 32.1. The van der Waals surface area contributed by atoms with Crippen LogP contribution >= 0.6 is 0 Å². The number of likely N-dealkylation sites (tertiary alicyclic amines) is 1. The molecule has 1 saturated carbocycles. The van der Waals surface area contributed by atoms with Crippen molar-refractivity contribution >= 4 is 5.97 Å². The van der Waals surface area contributed by atoms with Gasteiger partial charge in [0.25, 0.3) is 0 Å².